The summed E-state index contributed by atoms with van der Waals surface area (Å²) < 4.78 is 26.3. The zero-order valence-electron chi connectivity index (χ0n) is 20.0. The van der Waals surface area contributed by atoms with Gasteiger partial charge in [-0.1, -0.05) is 30.3 Å². The van der Waals surface area contributed by atoms with Crippen LogP contribution in [0, 0.1) is 5.82 Å². The standard InChI is InChI=1S/C22H31ClFN5O4S/c1-6-13(9-11-7-8-12(10-25)29(11)21(31)33-22(2,3)4)32-19-14-16(15(24)17(23)27-19)26-20(34-5)28-18(14)30/h11-13H,6-10,25H2,1-5H3,(H,26,28,30)/t11-,12+,13?/m0/s1. The van der Waals surface area contributed by atoms with Crippen LogP contribution >= 0.6 is 23.4 Å². The van der Waals surface area contributed by atoms with Gasteiger partial charge in [0.1, 0.15) is 22.6 Å². The summed E-state index contributed by atoms with van der Waals surface area (Å²) in [7, 11) is 0. The molecule has 1 aliphatic rings. The van der Waals surface area contributed by atoms with Crippen LogP contribution in [0.15, 0.2) is 9.95 Å². The number of ether oxygens (including phenoxy) is 2. The predicted octanol–water partition coefficient (Wildman–Crippen LogP) is 4.11. The molecule has 1 amide bonds. The van der Waals surface area contributed by atoms with E-state index < -0.39 is 34.3 Å². The lowest BCUT2D eigenvalue weighted by atomic mass is 10.0. The summed E-state index contributed by atoms with van der Waals surface area (Å²) in [6.45, 7) is 7.68. The fourth-order valence-electron chi connectivity index (χ4n) is 4.08. The third-order valence-electron chi connectivity index (χ3n) is 5.66. The number of thioether (sulfide) groups is 1. The van der Waals surface area contributed by atoms with Crippen molar-refractivity contribution in [3.05, 3.63) is 21.3 Å². The summed E-state index contributed by atoms with van der Waals surface area (Å²) in [5.74, 6) is -0.969. The Bertz CT molecular complexity index is 1110. The highest BCUT2D eigenvalue weighted by Crippen LogP contribution is 2.32. The van der Waals surface area contributed by atoms with Crippen LogP contribution in [0.2, 0.25) is 5.15 Å². The summed E-state index contributed by atoms with van der Waals surface area (Å²) in [6.07, 6.45) is 3.36. The lowest BCUT2D eigenvalue weighted by Crippen LogP contribution is -2.48. The molecule has 1 saturated heterocycles. The highest BCUT2D eigenvalue weighted by Gasteiger charge is 2.40. The Morgan fingerprint density at radius 2 is 2.03 bits per heavy atom. The number of carbonyl (C=O) groups is 1. The van der Waals surface area contributed by atoms with Crippen molar-refractivity contribution in [1.29, 1.82) is 0 Å². The highest BCUT2D eigenvalue weighted by atomic mass is 35.5. The topological polar surface area (TPSA) is 123 Å². The molecular formula is C22H31ClFN5O4S. The molecule has 0 bridgehead atoms. The Morgan fingerprint density at radius 1 is 1.35 bits per heavy atom. The minimum Gasteiger partial charge on any atom is -0.474 e. The summed E-state index contributed by atoms with van der Waals surface area (Å²) >= 11 is 7.16. The SMILES string of the molecule is CCC(C[C@@H]1CC[C@H](CN)N1C(=O)OC(C)(C)C)Oc1nc(Cl)c(F)c2nc(SC)[nH]c(=O)c12. The van der Waals surface area contributed by atoms with Gasteiger partial charge in [-0.05, 0) is 46.3 Å². The number of nitrogens with zero attached hydrogens (tertiary/aromatic N) is 3. The molecule has 1 fully saturated rings. The van der Waals surface area contributed by atoms with Crippen molar-refractivity contribution < 1.29 is 18.7 Å². The Labute approximate surface area is 206 Å². The van der Waals surface area contributed by atoms with E-state index in [1.54, 1.807) is 11.2 Å². The molecule has 9 nitrogen and oxygen atoms in total. The van der Waals surface area contributed by atoms with Crippen molar-refractivity contribution in [3.8, 4) is 5.88 Å². The number of H-pyrrole nitrogens is 1. The number of pyridine rings is 1. The van der Waals surface area contributed by atoms with Crippen LogP contribution in [0.5, 0.6) is 5.88 Å². The Kier molecular flexibility index (Phi) is 8.30. The first kappa shape index (κ1) is 26.5. The molecule has 1 aliphatic heterocycles. The lowest BCUT2D eigenvalue weighted by Gasteiger charge is -2.33. The van der Waals surface area contributed by atoms with E-state index in [9.17, 15) is 14.0 Å². The summed E-state index contributed by atoms with van der Waals surface area (Å²) in [6, 6.07) is -0.302. The molecule has 3 heterocycles. The fraction of sp³-hybridized carbons (Fsp3) is 0.636. The summed E-state index contributed by atoms with van der Waals surface area (Å²) in [5.41, 5.74) is 4.52. The van der Waals surface area contributed by atoms with Crippen LogP contribution in [0.25, 0.3) is 10.9 Å². The number of hydrogen-bond acceptors (Lipinski definition) is 8. The molecule has 0 aromatic carbocycles. The molecule has 0 aliphatic carbocycles. The van der Waals surface area contributed by atoms with E-state index in [0.717, 1.165) is 12.8 Å². The molecule has 3 N–H and O–H groups in total. The maximum absolute atomic E-state index is 14.6. The van der Waals surface area contributed by atoms with Crippen LogP contribution in [-0.2, 0) is 4.74 Å². The van der Waals surface area contributed by atoms with E-state index in [2.05, 4.69) is 15.0 Å². The van der Waals surface area contributed by atoms with Crippen molar-refractivity contribution in [2.24, 2.45) is 5.73 Å². The molecule has 3 atom stereocenters. The van der Waals surface area contributed by atoms with Crippen molar-refractivity contribution in [1.82, 2.24) is 19.9 Å². The van der Waals surface area contributed by atoms with Gasteiger partial charge >= 0.3 is 6.09 Å². The van der Waals surface area contributed by atoms with Gasteiger partial charge in [-0.15, -0.1) is 0 Å². The minimum absolute atomic E-state index is 0.0909. The summed E-state index contributed by atoms with van der Waals surface area (Å²) in [5, 5.41) is -0.279. The van der Waals surface area contributed by atoms with Crippen molar-refractivity contribution in [2.45, 2.75) is 82.3 Å². The first-order chi connectivity index (χ1) is 16.0. The molecule has 188 valence electrons. The van der Waals surface area contributed by atoms with Gasteiger partial charge < -0.3 is 25.1 Å². The number of nitrogens with two attached hydrogens (primary N) is 1. The molecule has 3 rings (SSSR count). The smallest absolute Gasteiger partial charge is 0.410 e. The molecule has 0 saturated carbocycles. The maximum Gasteiger partial charge on any atom is 0.410 e. The first-order valence-corrected chi connectivity index (χ1v) is 12.8. The van der Waals surface area contributed by atoms with E-state index in [1.165, 1.54) is 11.8 Å². The minimum atomic E-state index is -0.879. The quantitative estimate of drug-likeness (QED) is 0.321. The van der Waals surface area contributed by atoms with E-state index >= 15 is 0 Å². The van der Waals surface area contributed by atoms with Crippen LogP contribution in [-0.4, -0.2) is 62.5 Å². The maximum atomic E-state index is 14.6. The van der Waals surface area contributed by atoms with Gasteiger partial charge in [0, 0.05) is 25.0 Å². The van der Waals surface area contributed by atoms with Gasteiger partial charge in [-0.25, -0.2) is 14.2 Å². The average Bonchev–Trinajstić information content (AvgIpc) is 3.17. The van der Waals surface area contributed by atoms with Gasteiger partial charge in [0.2, 0.25) is 5.88 Å². The van der Waals surface area contributed by atoms with Crippen LogP contribution in [0.1, 0.15) is 53.4 Å². The average molecular weight is 516 g/mol. The number of nitrogens with one attached hydrogen (secondary N) is 1. The number of carbonyl (C=O) groups excluding carboxylic acids is 1. The molecule has 1 unspecified atom stereocenters. The number of halogens is 2. The number of fused-ring (bicyclic) bond motifs is 1. The third-order valence-corrected chi connectivity index (χ3v) is 6.49. The molecule has 0 radical (unpaired) electrons. The van der Waals surface area contributed by atoms with Gasteiger partial charge in [-0.2, -0.15) is 4.98 Å². The molecule has 12 heteroatoms. The van der Waals surface area contributed by atoms with Gasteiger partial charge in [0.25, 0.3) is 5.56 Å². The number of hydrogen-bond donors (Lipinski definition) is 2. The van der Waals surface area contributed by atoms with Crippen molar-refractivity contribution >= 4 is 40.4 Å². The van der Waals surface area contributed by atoms with Gasteiger partial charge in [0.15, 0.2) is 16.1 Å². The van der Waals surface area contributed by atoms with E-state index in [1.807, 2.05) is 27.7 Å². The van der Waals surface area contributed by atoms with Crippen LogP contribution in [0.4, 0.5) is 9.18 Å². The molecule has 2 aromatic heterocycles. The zero-order chi connectivity index (χ0) is 25.2. The molecule has 2 aromatic rings. The Hall–Kier alpha value is -2.11. The second-order valence-corrected chi connectivity index (χ2v) is 10.4. The van der Waals surface area contributed by atoms with Crippen LogP contribution in [0.3, 0.4) is 0 Å². The molecule has 34 heavy (non-hydrogen) atoms. The normalized spacial score (nSPS) is 19.5. The first-order valence-electron chi connectivity index (χ1n) is 11.2. The van der Waals surface area contributed by atoms with E-state index in [4.69, 9.17) is 26.8 Å². The molecular weight excluding hydrogens is 485 g/mol. The van der Waals surface area contributed by atoms with Crippen molar-refractivity contribution in [2.75, 3.05) is 12.8 Å². The predicted molar refractivity (Wildman–Crippen MR) is 130 cm³/mol. The van der Waals surface area contributed by atoms with E-state index in [0.29, 0.717) is 19.4 Å². The Morgan fingerprint density at radius 3 is 2.62 bits per heavy atom. The van der Waals surface area contributed by atoms with Gasteiger partial charge in [0.05, 0.1) is 0 Å². The fourth-order valence-corrected chi connectivity index (χ4v) is 4.62. The number of aromatic amines is 1. The summed E-state index contributed by atoms with van der Waals surface area (Å²) in [4.78, 5) is 38.0. The Balaban J connectivity index is 1.90. The second-order valence-electron chi connectivity index (χ2n) is 9.21. The number of aromatic nitrogens is 3. The van der Waals surface area contributed by atoms with E-state index in [-0.39, 0.29) is 34.0 Å². The molecule has 0 spiro atoms. The second kappa shape index (κ2) is 10.7. The van der Waals surface area contributed by atoms with Gasteiger partial charge in [-0.3, -0.25) is 4.79 Å². The lowest BCUT2D eigenvalue weighted by molar-refractivity contribution is 0.0109. The number of rotatable bonds is 7. The van der Waals surface area contributed by atoms with Crippen LogP contribution < -0.4 is 16.0 Å². The monoisotopic (exact) mass is 515 g/mol. The third kappa shape index (κ3) is 5.75. The number of likely N-dealkylation sites (tertiary alicyclic amines) is 1. The largest absolute Gasteiger partial charge is 0.474 e. The number of amides is 1. The highest BCUT2D eigenvalue weighted by molar-refractivity contribution is 7.98. The van der Waals surface area contributed by atoms with Crippen molar-refractivity contribution in [3.63, 3.8) is 0 Å². The zero-order valence-corrected chi connectivity index (χ0v) is 21.6.